The van der Waals surface area contributed by atoms with E-state index in [0.29, 0.717) is 22.1 Å². The zero-order valence-electron chi connectivity index (χ0n) is 16.1. The van der Waals surface area contributed by atoms with Crippen molar-refractivity contribution in [2.24, 2.45) is 0 Å². The lowest BCUT2D eigenvalue weighted by molar-refractivity contribution is -0.277. The van der Waals surface area contributed by atoms with Gasteiger partial charge in [0.1, 0.15) is 35.7 Å². The van der Waals surface area contributed by atoms with Crippen LogP contribution in [0.2, 0.25) is 0 Å². The van der Waals surface area contributed by atoms with Gasteiger partial charge in [0.25, 0.3) is 0 Å². The zero-order chi connectivity index (χ0) is 21.4. The van der Waals surface area contributed by atoms with Crippen LogP contribution in [0.5, 0.6) is 5.75 Å². The molecule has 4 rings (SSSR count). The summed E-state index contributed by atoms with van der Waals surface area (Å²) < 4.78 is 16.5. The molecule has 5 atom stereocenters. The minimum Gasteiger partial charge on any atom is -0.462 e. The first kappa shape index (κ1) is 20.5. The number of rotatable bonds is 4. The van der Waals surface area contributed by atoms with Gasteiger partial charge in [0.2, 0.25) is 6.29 Å². The first-order valence-electron chi connectivity index (χ1n) is 9.50. The standard InChI is InChI=1S/C22H22O8/c1-11-15(28-22-20(27)19(26)18(25)16(10-23)29-22)8-7-13-14(9-17(24)30-21(11)13)12-5-3-2-4-6-12/h2-9,16,18-20,22-23,25-27H,10H2,1H3/t16-,18-,19+,20-,22-/m1/s1. The Balaban J connectivity index is 1.73. The van der Waals surface area contributed by atoms with Crippen molar-refractivity contribution in [1.29, 1.82) is 0 Å². The van der Waals surface area contributed by atoms with E-state index in [2.05, 4.69) is 0 Å². The topological polar surface area (TPSA) is 130 Å². The van der Waals surface area contributed by atoms with Crippen molar-refractivity contribution in [2.75, 3.05) is 6.61 Å². The Bertz CT molecular complexity index is 1090. The first-order chi connectivity index (χ1) is 14.4. The summed E-state index contributed by atoms with van der Waals surface area (Å²) in [4.78, 5) is 12.2. The maximum Gasteiger partial charge on any atom is 0.336 e. The smallest absolute Gasteiger partial charge is 0.336 e. The highest BCUT2D eigenvalue weighted by Gasteiger charge is 2.44. The van der Waals surface area contributed by atoms with E-state index in [1.54, 1.807) is 19.1 Å². The van der Waals surface area contributed by atoms with E-state index in [-0.39, 0.29) is 5.75 Å². The summed E-state index contributed by atoms with van der Waals surface area (Å²) in [7, 11) is 0. The van der Waals surface area contributed by atoms with Crippen molar-refractivity contribution in [3.8, 4) is 16.9 Å². The minimum absolute atomic E-state index is 0.264. The summed E-state index contributed by atoms with van der Waals surface area (Å²) in [6.07, 6.45) is -6.99. The highest BCUT2D eigenvalue weighted by Crippen LogP contribution is 2.34. The van der Waals surface area contributed by atoms with Gasteiger partial charge in [-0.15, -0.1) is 0 Å². The average Bonchev–Trinajstić information content (AvgIpc) is 2.76. The fourth-order valence-electron chi connectivity index (χ4n) is 3.62. The molecule has 1 fully saturated rings. The number of aliphatic hydroxyl groups excluding tert-OH is 4. The summed E-state index contributed by atoms with van der Waals surface area (Å²) in [6.45, 7) is 1.14. The number of benzene rings is 2. The number of hydrogen-bond acceptors (Lipinski definition) is 8. The molecule has 0 amide bonds. The quantitative estimate of drug-likeness (QED) is 0.465. The van der Waals surface area contributed by atoms with Gasteiger partial charge in [-0.2, -0.15) is 0 Å². The summed E-state index contributed by atoms with van der Waals surface area (Å²) in [5, 5.41) is 40.1. The predicted molar refractivity (Wildman–Crippen MR) is 107 cm³/mol. The van der Waals surface area contributed by atoms with Crippen LogP contribution in [0.15, 0.2) is 57.7 Å². The van der Waals surface area contributed by atoms with Gasteiger partial charge in [-0.3, -0.25) is 0 Å². The molecule has 3 aromatic rings. The maximum atomic E-state index is 12.2. The average molecular weight is 414 g/mol. The van der Waals surface area contributed by atoms with E-state index in [0.717, 1.165) is 5.56 Å². The molecule has 2 heterocycles. The highest BCUT2D eigenvalue weighted by atomic mass is 16.7. The minimum atomic E-state index is -1.55. The zero-order valence-corrected chi connectivity index (χ0v) is 16.1. The van der Waals surface area contributed by atoms with Gasteiger partial charge in [-0.25, -0.2) is 4.79 Å². The van der Waals surface area contributed by atoms with Gasteiger partial charge in [0, 0.05) is 17.0 Å². The molecule has 0 unspecified atom stereocenters. The van der Waals surface area contributed by atoms with Crippen LogP contribution in [0, 0.1) is 6.92 Å². The van der Waals surface area contributed by atoms with Crippen LogP contribution >= 0.6 is 0 Å². The van der Waals surface area contributed by atoms with Crippen LogP contribution in [-0.2, 0) is 4.74 Å². The molecular weight excluding hydrogens is 392 g/mol. The number of aryl methyl sites for hydroxylation is 1. The molecule has 0 saturated carbocycles. The molecule has 1 aromatic heterocycles. The van der Waals surface area contributed by atoms with E-state index in [1.807, 2.05) is 30.3 Å². The van der Waals surface area contributed by atoms with E-state index in [4.69, 9.17) is 13.9 Å². The number of fused-ring (bicyclic) bond motifs is 1. The predicted octanol–water partition coefficient (Wildman–Crippen LogP) is 0.947. The number of ether oxygens (including phenoxy) is 2. The molecule has 0 aliphatic carbocycles. The second kappa shape index (κ2) is 8.17. The van der Waals surface area contributed by atoms with Crippen LogP contribution in [0.25, 0.3) is 22.1 Å². The summed E-state index contributed by atoms with van der Waals surface area (Å²) in [5.74, 6) is 0.264. The Morgan fingerprint density at radius 2 is 1.73 bits per heavy atom. The van der Waals surface area contributed by atoms with Gasteiger partial charge < -0.3 is 34.3 Å². The number of aliphatic hydroxyl groups is 4. The fourth-order valence-corrected chi connectivity index (χ4v) is 3.62. The molecule has 0 radical (unpaired) electrons. The molecule has 158 valence electrons. The lowest BCUT2D eigenvalue weighted by Gasteiger charge is -2.39. The maximum absolute atomic E-state index is 12.2. The van der Waals surface area contributed by atoms with E-state index in [1.165, 1.54) is 6.07 Å². The normalized spacial score (nSPS) is 26.6. The van der Waals surface area contributed by atoms with Gasteiger partial charge >= 0.3 is 5.63 Å². The Kier molecular flexibility index (Phi) is 5.59. The van der Waals surface area contributed by atoms with E-state index < -0.39 is 42.9 Å². The molecule has 1 aliphatic rings. The van der Waals surface area contributed by atoms with Gasteiger partial charge in [0.15, 0.2) is 0 Å². The highest BCUT2D eigenvalue weighted by molar-refractivity contribution is 5.95. The van der Waals surface area contributed by atoms with Crippen LogP contribution in [0.3, 0.4) is 0 Å². The summed E-state index contributed by atoms with van der Waals surface area (Å²) >= 11 is 0. The summed E-state index contributed by atoms with van der Waals surface area (Å²) in [5.41, 5.74) is 1.87. The van der Waals surface area contributed by atoms with E-state index in [9.17, 15) is 25.2 Å². The van der Waals surface area contributed by atoms with E-state index >= 15 is 0 Å². The molecule has 4 N–H and O–H groups in total. The fraction of sp³-hybridized carbons (Fsp3) is 0.318. The Morgan fingerprint density at radius 1 is 1.00 bits per heavy atom. The third-order valence-electron chi connectivity index (χ3n) is 5.29. The van der Waals surface area contributed by atoms with Crippen molar-refractivity contribution >= 4 is 11.0 Å². The third kappa shape index (κ3) is 3.60. The van der Waals surface area contributed by atoms with Crippen molar-refractivity contribution in [3.05, 3.63) is 64.5 Å². The second-order valence-corrected chi connectivity index (χ2v) is 7.23. The first-order valence-corrected chi connectivity index (χ1v) is 9.50. The van der Waals surface area contributed by atoms with Crippen LogP contribution < -0.4 is 10.4 Å². The monoisotopic (exact) mass is 414 g/mol. The summed E-state index contributed by atoms with van der Waals surface area (Å²) in [6, 6.07) is 14.2. The molecule has 2 aromatic carbocycles. The lowest BCUT2D eigenvalue weighted by atomic mass is 9.99. The molecule has 1 saturated heterocycles. The van der Waals surface area contributed by atoms with Crippen LogP contribution in [0.4, 0.5) is 0 Å². The largest absolute Gasteiger partial charge is 0.462 e. The van der Waals surface area contributed by atoms with Crippen molar-refractivity contribution in [1.82, 2.24) is 0 Å². The lowest BCUT2D eigenvalue weighted by Crippen LogP contribution is -2.60. The molecule has 0 bridgehead atoms. The molecule has 8 nitrogen and oxygen atoms in total. The molecule has 1 aliphatic heterocycles. The number of hydrogen-bond donors (Lipinski definition) is 4. The Morgan fingerprint density at radius 3 is 2.43 bits per heavy atom. The Labute approximate surface area is 171 Å². The molecule has 30 heavy (non-hydrogen) atoms. The Hall–Kier alpha value is -2.75. The van der Waals surface area contributed by atoms with Crippen LogP contribution in [-0.4, -0.2) is 57.7 Å². The third-order valence-corrected chi connectivity index (χ3v) is 5.29. The molecular formula is C22H22O8. The van der Waals surface area contributed by atoms with Crippen molar-refractivity contribution < 1.29 is 34.3 Å². The van der Waals surface area contributed by atoms with Gasteiger partial charge in [0.05, 0.1) is 6.61 Å². The second-order valence-electron chi connectivity index (χ2n) is 7.23. The molecule has 0 spiro atoms. The molecule has 8 heteroatoms. The van der Waals surface area contributed by atoms with Gasteiger partial charge in [-0.05, 0) is 30.2 Å². The van der Waals surface area contributed by atoms with Crippen LogP contribution in [0.1, 0.15) is 5.56 Å². The van der Waals surface area contributed by atoms with Gasteiger partial charge in [-0.1, -0.05) is 30.3 Å². The SMILES string of the molecule is Cc1c(O[C@@H]2O[C@H](CO)[C@@H](O)[C@H](O)[C@H]2O)ccc2c(-c3ccccc3)cc(=O)oc12. The van der Waals surface area contributed by atoms with Crippen molar-refractivity contribution in [2.45, 2.75) is 37.6 Å². The van der Waals surface area contributed by atoms with Crippen molar-refractivity contribution in [3.63, 3.8) is 0 Å².